The summed E-state index contributed by atoms with van der Waals surface area (Å²) >= 11 is 0. The molecule has 1 aliphatic rings. The van der Waals surface area contributed by atoms with Crippen LogP contribution in [0.3, 0.4) is 0 Å². The molecule has 0 bridgehead atoms. The van der Waals surface area contributed by atoms with Crippen LogP contribution in [-0.4, -0.2) is 9.55 Å². The molecule has 0 unspecified atom stereocenters. The van der Waals surface area contributed by atoms with Crippen molar-refractivity contribution in [3.8, 4) is 17.3 Å². The number of ether oxygens (including phenoxy) is 1. The molecule has 0 amide bonds. The van der Waals surface area contributed by atoms with Gasteiger partial charge < -0.3 is 19.1 Å². The number of para-hydroxylation sites is 1. The van der Waals surface area contributed by atoms with Gasteiger partial charge in [-0.15, -0.1) is 53.8 Å². The molecule has 3 heterocycles. The quantitative estimate of drug-likeness (QED) is 0.149. The molecule has 8 rings (SSSR count). The van der Waals surface area contributed by atoms with Gasteiger partial charge in [0.25, 0.3) is 0 Å². The van der Waals surface area contributed by atoms with Crippen LogP contribution in [0.15, 0.2) is 127 Å². The van der Waals surface area contributed by atoms with E-state index in [1.807, 2.05) is 6.20 Å². The summed E-state index contributed by atoms with van der Waals surface area (Å²) < 4.78 is 9.33. The number of benzene rings is 5. The van der Waals surface area contributed by atoms with Gasteiger partial charge in [0, 0.05) is 61.1 Å². The molecule has 1 aliphatic heterocycles. The van der Waals surface area contributed by atoms with Crippen LogP contribution >= 0.6 is 0 Å². The van der Waals surface area contributed by atoms with Crippen molar-refractivity contribution in [1.82, 2.24) is 9.55 Å². The van der Waals surface area contributed by atoms with Crippen LogP contribution in [0, 0.1) is 18.8 Å². The van der Waals surface area contributed by atoms with E-state index in [2.05, 4.69) is 245 Å². The maximum absolute atomic E-state index is 7.07. The Morgan fingerprint density at radius 3 is 1.86 bits per heavy atom. The van der Waals surface area contributed by atoms with Gasteiger partial charge in [-0.25, -0.2) is 4.98 Å². The number of rotatable bonds is 7. The number of aromatic nitrogens is 2. The fraction of sp³-hybridized carbons (Fsp3) is 0.333. The molecule has 63 heavy (non-hydrogen) atoms. The summed E-state index contributed by atoms with van der Waals surface area (Å²) in [5.41, 5.74) is 10.5. The van der Waals surface area contributed by atoms with E-state index in [9.17, 15) is 0 Å². The molecule has 0 atom stereocenters. The number of hydrogen-bond donors (Lipinski definition) is 0. The summed E-state index contributed by atoms with van der Waals surface area (Å²) in [6.07, 6.45) is 4.21. The largest absolute Gasteiger partial charge is 0.509 e. The molecule has 2 aromatic heterocycles. The molecule has 0 saturated heterocycles. The van der Waals surface area contributed by atoms with E-state index in [4.69, 9.17) is 9.72 Å². The molecule has 0 saturated carbocycles. The number of anilines is 2. The van der Waals surface area contributed by atoms with E-state index < -0.39 is 0 Å². The van der Waals surface area contributed by atoms with Gasteiger partial charge in [0.2, 0.25) is 0 Å². The van der Waals surface area contributed by atoms with E-state index in [0.717, 1.165) is 44.9 Å². The minimum atomic E-state index is -0.354. The van der Waals surface area contributed by atoms with Gasteiger partial charge in [-0.3, -0.25) is 0 Å². The van der Waals surface area contributed by atoms with Crippen LogP contribution in [0.25, 0.3) is 27.6 Å². The van der Waals surface area contributed by atoms with Crippen molar-refractivity contribution in [2.75, 3.05) is 9.80 Å². The second-order valence-corrected chi connectivity index (χ2v) is 21.7. The van der Waals surface area contributed by atoms with Gasteiger partial charge >= 0.3 is 0 Å². The predicted octanol–water partition coefficient (Wildman–Crippen LogP) is 15.0. The van der Waals surface area contributed by atoms with Crippen molar-refractivity contribution >= 4 is 33.2 Å². The Labute approximate surface area is 391 Å². The Kier molecular flexibility index (Phi) is 12.0. The van der Waals surface area contributed by atoms with Crippen molar-refractivity contribution in [3.05, 3.63) is 174 Å². The standard InChI is InChI=1S/C57H63N4O.Pt/c1-53(2,3)39-23-20-24-42(29-39)59-36-50(57(13,14)38-21-16-15-17-22-38)60(37-59)43-30-41(55(7,8)9)31-44(33-43)62-45-34-47(56(10,11)12)52-46-25-18-19-26-48(46)61(49(52)35-45)51-32-40(27-28-58-51)54(4,5)6;/h15-32,34,36-37H,1-14H3;/q-3;. The summed E-state index contributed by atoms with van der Waals surface area (Å²) in [6.45, 7) is 33.9. The topological polar surface area (TPSA) is 33.5 Å². The average Bonchev–Trinajstić information content (AvgIpc) is 3.81. The summed E-state index contributed by atoms with van der Waals surface area (Å²) in [7, 11) is 0. The first-order valence-electron chi connectivity index (χ1n) is 22.0. The number of allylic oxidation sites excluding steroid dienone is 1. The molecule has 7 aromatic rings. The third-order valence-electron chi connectivity index (χ3n) is 12.4. The van der Waals surface area contributed by atoms with E-state index in [-0.39, 0.29) is 48.1 Å². The maximum Gasteiger partial charge on any atom is 0.135 e. The van der Waals surface area contributed by atoms with Crippen LogP contribution in [0.5, 0.6) is 11.5 Å². The van der Waals surface area contributed by atoms with E-state index in [0.29, 0.717) is 11.5 Å². The number of pyridine rings is 1. The van der Waals surface area contributed by atoms with Crippen molar-refractivity contribution in [2.45, 2.75) is 124 Å². The predicted molar refractivity (Wildman–Crippen MR) is 261 cm³/mol. The Hall–Kier alpha value is -5.12. The third-order valence-corrected chi connectivity index (χ3v) is 12.4. The summed E-state index contributed by atoms with van der Waals surface area (Å²) in [5, 5.41) is 2.33. The van der Waals surface area contributed by atoms with Gasteiger partial charge in [0.1, 0.15) is 5.82 Å². The molecule has 0 radical (unpaired) electrons. The molecule has 330 valence electrons. The molecule has 5 nitrogen and oxygen atoms in total. The number of hydrogen-bond acceptors (Lipinski definition) is 4. The van der Waals surface area contributed by atoms with Crippen molar-refractivity contribution in [1.29, 1.82) is 0 Å². The molecule has 5 aromatic carbocycles. The Bertz CT molecular complexity index is 2820. The zero-order valence-electron chi connectivity index (χ0n) is 39.6. The van der Waals surface area contributed by atoms with E-state index >= 15 is 0 Å². The normalized spacial score (nSPS) is 14.0. The molecule has 6 heteroatoms. The first-order chi connectivity index (χ1) is 29.0. The molecule has 0 aliphatic carbocycles. The summed E-state index contributed by atoms with van der Waals surface area (Å²) in [4.78, 5) is 9.53. The van der Waals surface area contributed by atoms with Crippen molar-refractivity contribution in [3.63, 3.8) is 0 Å². The first kappa shape index (κ1) is 45.9. The van der Waals surface area contributed by atoms with Crippen molar-refractivity contribution in [2.24, 2.45) is 0 Å². The second kappa shape index (κ2) is 16.5. The average molecular weight is 1020 g/mol. The fourth-order valence-electron chi connectivity index (χ4n) is 8.49. The monoisotopic (exact) mass is 1010 g/mol. The van der Waals surface area contributed by atoms with Gasteiger partial charge in [0.05, 0.1) is 0 Å². The van der Waals surface area contributed by atoms with Crippen LogP contribution in [-0.2, 0) is 48.1 Å². The second-order valence-electron chi connectivity index (χ2n) is 21.7. The zero-order valence-corrected chi connectivity index (χ0v) is 41.9. The van der Waals surface area contributed by atoms with Crippen LogP contribution < -0.4 is 14.5 Å². The Balaban J connectivity index is 0.00000595. The minimum absolute atomic E-state index is 0. The van der Waals surface area contributed by atoms with Gasteiger partial charge in [0.15, 0.2) is 0 Å². The minimum Gasteiger partial charge on any atom is -0.509 e. The number of fused-ring (bicyclic) bond motifs is 3. The summed E-state index contributed by atoms with van der Waals surface area (Å²) in [6, 6.07) is 46.8. The summed E-state index contributed by atoms with van der Waals surface area (Å²) in [5.74, 6) is 2.14. The van der Waals surface area contributed by atoms with Gasteiger partial charge in [-0.05, 0) is 80.3 Å². The van der Waals surface area contributed by atoms with Crippen LogP contribution in [0.4, 0.5) is 11.4 Å². The van der Waals surface area contributed by atoms with Gasteiger partial charge in [-0.2, -0.15) is 0 Å². The number of nitrogens with zero attached hydrogens (tertiary/aromatic N) is 4. The smallest absolute Gasteiger partial charge is 0.135 e. The Morgan fingerprint density at radius 1 is 0.571 bits per heavy atom. The first-order valence-corrected chi connectivity index (χ1v) is 22.0. The molecular weight excluding hydrogens is 952 g/mol. The van der Waals surface area contributed by atoms with Gasteiger partial charge in [-0.1, -0.05) is 168 Å². The fourth-order valence-corrected chi connectivity index (χ4v) is 8.49. The van der Waals surface area contributed by atoms with Crippen LogP contribution in [0.1, 0.15) is 125 Å². The maximum atomic E-state index is 7.07. The Morgan fingerprint density at radius 2 is 1.19 bits per heavy atom. The molecule has 0 fully saturated rings. The van der Waals surface area contributed by atoms with Crippen LogP contribution in [0.2, 0.25) is 0 Å². The molecule has 0 spiro atoms. The van der Waals surface area contributed by atoms with Crippen molar-refractivity contribution < 1.29 is 25.8 Å². The zero-order chi connectivity index (χ0) is 44.6. The van der Waals surface area contributed by atoms with E-state index in [1.165, 1.54) is 27.6 Å². The van der Waals surface area contributed by atoms with E-state index in [1.54, 1.807) is 0 Å². The SMILES string of the molecule is CC(C)(C)c1cc(Oc2[c-]c3c(c(C(C)(C)C)c2)c2ccccc2n3-c2cc(C(C)(C)C)ccn2)[c-]c(N2[CH-]N(c3cccc(C(C)(C)C)c3)C=C2C(C)(C)c2ccccc2)c1.[Pt]. The third kappa shape index (κ3) is 9.01. The molecule has 0 N–H and O–H groups in total. The molecular formula is C57H63N4OPt-3.